The Balaban J connectivity index is 1.04. The quantitative estimate of drug-likeness (QED) is 0.162. The molecule has 40 heavy (non-hydrogen) atoms. The van der Waals surface area contributed by atoms with Crippen molar-refractivity contribution in [3.8, 4) is 5.75 Å². The number of aliphatic imine (C=N–C) groups is 1. The summed E-state index contributed by atoms with van der Waals surface area (Å²) in [7, 11) is 0. The molecular formula is C31H26N4O4S. The molecule has 2 heterocycles. The van der Waals surface area contributed by atoms with Gasteiger partial charge in [-0.15, -0.1) is 0 Å². The van der Waals surface area contributed by atoms with Gasteiger partial charge in [0.25, 0.3) is 11.6 Å². The number of non-ortho nitro benzene ring substituents is 1. The normalized spacial score (nSPS) is 16.4. The molecule has 0 atom stereocenters. The molecule has 6 rings (SSSR count). The highest BCUT2D eigenvalue weighted by molar-refractivity contribution is 8.18. The molecule has 0 bridgehead atoms. The van der Waals surface area contributed by atoms with Crippen molar-refractivity contribution in [1.82, 2.24) is 4.90 Å². The minimum atomic E-state index is -0.424. The molecule has 1 saturated heterocycles. The van der Waals surface area contributed by atoms with Crippen molar-refractivity contribution < 1.29 is 14.5 Å². The monoisotopic (exact) mass is 550 g/mol. The van der Waals surface area contributed by atoms with Crippen LogP contribution in [-0.4, -0.2) is 47.1 Å². The lowest BCUT2D eigenvalue weighted by Gasteiger charge is -2.37. The lowest BCUT2D eigenvalue weighted by atomic mass is 10.1. The van der Waals surface area contributed by atoms with Gasteiger partial charge < -0.3 is 14.5 Å². The number of nitrogens with zero attached hydrogens (tertiary/aromatic N) is 4. The van der Waals surface area contributed by atoms with Gasteiger partial charge in [0.1, 0.15) is 12.4 Å². The summed E-state index contributed by atoms with van der Waals surface area (Å²) in [6, 6.07) is 28.6. The molecule has 4 aromatic rings. The number of nitro benzene ring substituents is 1. The molecular weight excluding hydrogens is 524 g/mol. The first-order valence-corrected chi connectivity index (χ1v) is 13.8. The second-order valence-corrected chi connectivity index (χ2v) is 10.6. The van der Waals surface area contributed by atoms with E-state index in [-0.39, 0.29) is 11.6 Å². The molecule has 1 fully saturated rings. The van der Waals surface area contributed by atoms with E-state index in [9.17, 15) is 14.9 Å². The van der Waals surface area contributed by atoms with Crippen LogP contribution in [0.2, 0.25) is 0 Å². The number of rotatable bonds is 6. The highest BCUT2D eigenvalue weighted by Gasteiger charge is 2.28. The van der Waals surface area contributed by atoms with E-state index in [2.05, 4.69) is 57.3 Å². The first kappa shape index (κ1) is 25.6. The fraction of sp³-hybridized carbons (Fsp3) is 0.161. The number of thioether (sulfide) groups is 1. The van der Waals surface area contributed by atoms with Crippen LogP contribution in [-0.2, 0) is 11.4 Å². The number of carbonyl (C=O) groups excluding carboxylic acids is 1. The minimum Gasteiger partial charge on any atom is -0.489 e. The third-order valence-electron chi connectivity index (χ3n) is 7.00. The predicted octanol–water partition coefficient (Wildman–Crippen LogP) is 6.12. The zero-order chi connectivity index (χ0) is 27.5. The summed E-state index contributed by atoms with van der Waals surface area (Å²) >= 11 is 1.42. The van der Waals surface area contributed by atoms with Crippen molar-refractivity contribution >= 4 is 51.1 Å². The van der Waals surface area contributed by atoms with Crippen molar-refractivity contribution in [2.45, 2.75) is 6.61 Å². The van der Waals surface area contributed by atoms with Gasteiger partial charge in [0.2, 0.25) is 0 Å². The topological polar surface area (TPSA) is 88.3 Å². The highest BCUT2D eigenvalue weighted by atomic mass is 32.2. The van der Waals surface area contributed by atoms with Gasteiger partial charge in [-0.2, -0.15) is 4.99 Å². The van der Waals surface area contributed by atoms with Crippen LogP contribution in [0.1, 0.15) is 11.1 Å². The Kier molecular flexibility index (Phi) is 7.20. The molecule has 0 spiro atoms. The summed E-state index contributed by atoms with van der Waals surface area (Å²) < 4.78 is 5.80. The van der Waals surface area contributed by atoms with Gasteiger partial charge in [-0.1, -0.05) is 48.5 Å². The van der Waals surface area contributed by atoms with E-state index in [1.165, 1.54) is 40.4 Å². The number of amidine groups is 1. The standard InChI is InChI=1S/C31H26N4O4S/c36-30-29(20-22-10-14-26(15-11-22)39-21-23-8-12-25(13-9-23)35(37)38)40-31(32-30)34-18-16-33(17-19-34)28-7-3-5-24-4-1-2-6-27(24)28/h1-15,20H,16-19,21H2/b29-20-. The first-order valence-electron chi connectivity index (χ1n) is 13.0. The van der Waals surface area contributed by atoms with E-state index in [0.29, 0.717) is 17.3 Å². The molecule has 0 N–H and O–H groups in total. The number of piperazine rings is 1. The number of amides is 1. The van der Waals surface area contributed by atoms with Crippen molar-refractivity contribution in [2.75, 3.05) is 31.1 Å². The summed E-state index contributed by atoms with van der Waals surface area (Å²) in [6.45, 7) is 3.63. The molecule has 4 aromatic carbocycles. The smallest absolute Gasteiger partial charge is 0.286 e. The lowest BCUT2D eigenvalue weighted by Crippen LogP contribution is -2.47. The van der Waals surface area contributed by atoms with Crippen LogP contribution < -0.4 is 9.64 Å². The van der Waals surface area contributed by atoms with Gasteiger partial charge in [0, 0.05) is 49.4 Å². The molecule has 0 aliphatic carbocycles. The van der Waals surface area contributed by atoms with Crippen molar-refractivity contribution in [3.63, 3.8) is 0 Å². The van der Waals surface area contributed by atoms with E-state index in [4.69, 9.17) is 4.74 Å². The summed E-state index contributed by atoms with van der Waals surface area (Å²) in [5, 5.41) is 14.1. The van der Waals surface area contributed by atoms with Crippen LogP contribution in [0.15, 0.2) is 101 Å². The van der Waals surface area contributed by atoms with Crippen LogP contribution in [0.3, 0.4) is 0 Å². The Bertz CT molecular complexity index is 1620. The van der Waals surface area contributed by atoms with E-state index >= 15 is 0 Å². The predicted molar refractivity (Wildman–Crippen MR) is 160 cm³/mol. The zero-order valence-electron chi connectivity index (χ0n) is 21.6. The second kappa shape index (κ2) is 11.2. The van der Waals surface area contributed by atoms with E-state index in [0.717, 1.165) is 42.5 Å². The average Bonchev–Trinajstić information content (AvgIpc) is 3.36. The van der Waals surface area contributed by atoms with Crippen molar-refractivity contribution in [1.29, 1.82) is 0 Å². The SMILES string of the molecule is O=C1N=C(N2CCN(c3cccc4ccccc34)CC2)S/C1=C\c1ccc(OCc2ccc([N+](=O)[O-])cc2)cc1. The lowest BCUT2D eigenvalue weighted by molar-refractivity contribution is -0.384. The third kappa shape index (κ3) is 5.55. The molecule has 0 unspecified atom stereocenters. The first-order chi connectivity index (χ1) is 19.5. The summed E-state index contributed by atoms with van der Waals surface area (Å²) in [5.41, 5.74) is 3.02. The van der Waals surface area contributed by atoms with Gasteiger partial charge in [-0.3, -0.25) is 14.9 Å². The third-order valence-corrected chi connectivity index (χ3v) is 8.04. The largest absolute Gasteiger partial charge is 0.489 e. The van der Waals surface area contributed by atoms with Gasteiger partial charge in [0.15, 0.2) is 5.17 Å². The number of anilines is 1. The molecule has 8 nitrogen and oxygen atoms in total. The van der Waals surface area contributed by atoms with E-state index in [1.807, 2.05) is 30.3 Å². The summed E-state index contributed by atoms with van der Waals surface area (Å²) in [6.07, 6.45) is 1.86. The number of hydrogen-bond acceptors (Lipinski definition) is 7. The Morgan fingerprint density at radius 3 is 2.33 bits per heavy atom. The van der Waals surface area contributed by atoms with E-state index < -0.39 is 4.92 Å². The Morgan fingerprint density at radius 2 is 1.57 bits per heavy atom. The van der Waals surface area contributed by atoms with E-state index in [1.54, 1.807) is 12.1 Å². The molecule has 200 valence electrons. The summed E-state index contributed by atoms with van der Waals surface area (Å²) in [4.78, 5) is 32.6. The Morgan fingerprint density at radius 1 is 0.875 bits per heavy atom. The average molecular weight is 551 g/mol. The van der Waals surface area contributed by atoms with Gasteiger partial charge in [-0.05, 0) is 64.7 Å². The number of carbonyl (C=O) groups is 1. The van der Waals surface area contributed by atoms with Gasteiger partial charge >= 0.3 is 0 Å². The van der Waals surface area contributed by atoms with Crippen molar-refractivity contribution in [2.24, 2.45) is 4.99 Å². The maximum Gasteiger partial charge on any atom is 0.286 e. The van der Waals surface area contributed by atoms with Crippen LogP contribution in [0.4, 0.5) is 11.4 Å². The maximum atomic E-state index is 12.7. The van der Waals surface area contributed by atoms with Gasteiger partial charge in [-0.25, -0.2) is 0 Å². The molecule has 0 saturated carbocycles. The fourth-order valence-corrected chi connectivity index (χ4v) is 5.81. The zero-order valence-corrected chi connectivity index (χ0v) is 22.4. The summed E-state index contributed by atoms with van der Waals surface area (Å²) in [5.74, 6) is 0.460. The molecule has 2 aliphatic rings. The maximum absolute atomic E-state index is 12.7. The Labute approximate surface area is 235 Å². The molecule has 2 aliphatic heterocycles. The second-order valence-electron chi connectivity index (χ2n) is 9.56. The molecule has 9 heteroatoms. The number of benzene rings is 4. The number of fused-ring (bicyclic) bond motifs is 1. The highest BCUT2D eigenvalue weighted by Crippen LogP contribution is 2.32. The van der Waals surface area contributed by atoms with Crippen LogP contribution in [0, 0.1) is 10.1 Å². The van der Waals surface area contributed by atoms with Crippen molar-refractivity contribution in [3.05, 3.63) is 117 Å². The minimum absolute atomic E-state index is 0.0517. The van der Waals surface area contributed by atoms with Crippen LogP contribution in [0.25, 0.3) is 16.8 Å². The van der Waals surface area contributed by atoms with Crippen LogP contribution >= 0.6 is 11.8 Å². The fourth-order valence-electron chi connectivity index (χ4n) is 4.85. The molecule has 1 amide bonds. The molecule has 0 aromatic heterocycles. The number of nitro groups is 1. The van der Waals surface area contributed by atoms with Crippen LogP contribution in [0.5, 0.6) is 5.75 Å². The number of hydrogen-bond donors (Lipinski definition) is 0. The number of ether oxygens (including phenoxy) is 1. The van der Waals surface area contributed by atoms with Gasteiger partial charge in [0.05, 0.1) is 9.83 Å². The molecule has 0 radical (unpaired) electrons. The Hall–Kier alpha value is -4.63.